The van der Waals surface area contributed by atoms with Crippen LogP contribution >= 0.6 is 11.8 Å². The van der Waals surface area contributed by atoms with E-state index in [4.69, 9.17) is 10.9 Å². The summed E-state index contributed by atoms with van der Waals surface area (Å²) in [6, 6.07) is 11.6. The minimum absolute atomic E-state index is 0.0985. The summed E-state index contributed by atoms with van der Waals surface area (Å²) < 4.78 is 1.72. The molecule has 0 aliphatic rings. The number of hydrogen-bond acceptors (Lipinski definition) is 5. The molecule has 0 aliphatic heterocycles. The minimum atomic E-state index is 0.0985. The van der Waals surface area contributed by atoms with E-state index < -0.39 is 0 Å². The summed E-state index contributed by atoms with van der Waals surface area (Å²) in [6.07, 6.45) is 1.52. The van der Waals surface area contributed by atoms with Gasteiger partial charge in [-0.2, -0.15) is 5.10 Å². The molecular formula is C14H13N5OS. The quantitative estimate of drug-likeness (QED) is 0.335. The Morgan fingerprint density at radius 1 is 1.24 bits per heavy atom. The Hall–Kier alpha value is -2.54. The molecule has 21 heavy (non-hydrogen) atoms. The van der Waals surface area contributed by atoms with E-state index in [9.17, 15) is 0 Å². The fraction of sp³-hybridized carbons (Fsp3) is 0.0714. The number of benzene rings is 2. The molecule has 0 radical (unpaired) electrons. The van der Waals surface area contributed by atoms with Crippen LogP contribution in [-0.2, 0) is 7.05 Å². The van der Waals surface area contributed by atoms with Gasteiger partial charge < -0.3 is 10.9 Å². The first-order valence-corrected chi connectivity index (χ1v) is 7.04. The number of nitrogens with two attached hydrogens (primary N) is 1. The second-order valence-corrected chi connectivity index (χ2v) is 5.42. The molecule has 6 nitrogen and oxygen atoms in total. The molecular weight excluding hydrogens is 286 g/mol. The van der Waals surface area contributed by atoms with Crippen LogP contribution in [0.5, 0.6) is 0 Å². The number of aryl methyl sites for hydroxylation is 1. The molecule has 1 heterocycles. The number of rotatable bonds is 3. The molecule has 0 unspecified atom stereocenters. The van der Waals surface area contributed by atoms with E-state index in [2.05, 4.69) is 15.2 Å². The molecule has 3 rings (SSSR count). The highest BCUT2D eigenvalue weighted by molar-refractivity contribution is 7.99. The van der Waals surface area contributed by atoms with Crippen LogP contribution in [0.25, 0.3) is 10.8 Å². The summed E-state index contributed by atoms with van der Waals surface area (Å²) in [7, 11) is 1.85. The molecule has 0 amide bonds. The Bertz CT molecular complexity index is 827. The summed E-state index contributed by atoms with van der Waals surface area (Å²) in [5.74, 6) is 0.0985. The Morgan fingerprint density at radius 3 is 2.67 bits per heavy atom. The van der Waals surface area contributed by atoms with Crippen LogP contribution in [-0.4, -0.2) is 25.8 Å². The molecule has 2 aromatic carbocycles. The highest BCUT2D eigenvalue weighted by Gasteiger charge is 2.11. The Morgan fingerprint density at radius 2 is 2.00 bits per heavy atom. The van der Waals surface area contributed by atoms with Crippen LogP contribution in [0.15, 0.2) is 57.9 Å². The van der Waals surface area contributed by atoms with Gasteiger partial charge in [-0.3, -0.25) is 0 Å². The molecule has 0 aliphatic carbocycles. The molecule has 3 aromatic rings. The number of hydrogen-bond donors (Lipinski definition) is 2. The van der Waals surface area contributed by atoms with Gasteiger partial charge in [-0.25, -0.2) is 9.67 Å². The zero-order chi connectivity index (χ0) is 14.8. The van der Waals surface area contributed by atoms with Crippen molar-refractivity contribution in [2.75, 3.05) is 0 Å². The summed E-state index contributed by atoms with van der Waals surface area (Å²) in [5.41, 5.74) is 6.44. The van der Waals surface area contributed by atoms with Crippen LogP contribution in [0.2, 0.25) is 0 Å². The summed E-state index contributed by atoms with van der Waals surface area (Å²) in [5, 5.41) is 18.8. The first kappa shape index (κ1) is 13.4. The fourth-order valence-corrected chi connectivity index (χ4v) is 3.01. The van der Waals surface area contributed by atoms with Gasteiger partial charge in [-0.15, -0.1) is 0 Å². The summed E-state index contributed by atoms with van der Waals surface area (Å²) >= 11 is 1.52. The average molecular weight is 299 g/mol. The fourth-order valence-electron chi connectivity index (χ4n) is 2.11. The van der Waals surface area contributed by atoms with Crippen molar-refractivity contribution in [3.8, 4) is 0 Å². The third-order valence-electron chi connectivity index (χ3n) is 3.14. The van der Waals surface area contributed by atoms with Gasteiger partial charge in [-0.1, -0.05) is 29.4 Å². The minimum Gasteiger partial charge on any atom is -0.409 e. The van der Waals surface area contributed by atoms with Gasteiger partial charge in [0, 0.05) is 17.5 Å². The van der Waals surface area contributed by atoms with Crippen molar-refractivity contribution in [2.45, 2.75) is 10.1 Å². The van der Waals surface area contributed by atoms with E-state index >= 15 is 0 Å². The maximum Gasteiger partial charge on any atom is 0.190 e. The van der Waals surface area contributed by atoms with E-state index in [-0.39, 0.29) is 5.84 Å². The monoisotopic (exact) mass is 299 g/mol. The Balaban J connectivity index is 2.15. The number of nitrogens with zero attached hydrogens (tertiary/aromatic N) is 4. The van der Waals surface area contributed by atoms with Crippen molar-refractivity contribution >= 4 is 28.4 Å². The van der Waals surface area contributed by atoms with Crippen molar-refractivity contribution in [1.29, 1.82) is 0 Å². The van der Waals surface area contributed by atoms with Gasteiger partial charge >= 0.3 is 0 Å². The largest absolute Gasteiger partial charge is 0.409 e. The lowest BCUT2D eigenvalue weighted by Gasteiger charge is -2.09. The van der Waals surface area contributed by atoms with Crippen molar-refractivity contribution in [2.24, 2.45) is 17.9 Å². The molecule has 0 spiro atoms. The normalized spacial score (nSPS) is 12.0. The average Bonchev–Trinajstić information content (AvgIpc) is 2.92. The zero-order valence-electron chi connectivity index (χ0n) is 11.3. The maximum absolute atomic E-state index is 8.90. The van der Waals surface area contributed by atoms with Crippen LogP contribution in [0.4, 0.5) is 0 Å². The Labute approximate surface area is 125 Å². The molecule has 7 heteroatoms. The van der Waals surface area contributed by atoms with Crippen LogP contribution in [0.1, 0.15) is 5.56 Å². The number of oxime groups is 1. The van der Waals surface area contributed by atoms with E-state index in [0.717, 1.165) is 20.8 Å². The SMILES string of the molecule is Cn1ncnc1Sc1ccc(/C(N)=N/O)c2ccccc12. The van der Waals surface area contributed by atoms with Gasteiger partial charge in [0.05, 0.1) is 0 Å². The zero-order valence-corrected chi connectivity index (χ0v) is 12.1. The van der Waals surface area contributed by atoms with Crippen molar-refractivity contribution in [1.82, 2.24) is 14.8 Å². The third kappa shape index (κ3) is 2.43. The lowest BCUT2D eigenvalue weighted by molar-refractivity contribution is 0.318. The van der Waals surface area contributed by atoms with Gasteiger partial charge in [0.1, 0.15) is 6.33 Å². The summed E-state index contributed by atoms with van der Waals surface area (Å²) in [4.78, 5) is 5.26. The smallest absolute Gasteiger partial charge is 0.190 e. The first-order chi connectivity index (χ1) is 10.2. The van der Waals surface area contributed by atoms with Gasteiger partial charge in [-0.05, 0) is 34.7 Å². The van der Waals surface area contributed by atoms with Crippen LogP contribution in [0.3, 0.4) is 0 Å². The predicted octanol–water partition coefficient (Wildman–Crippen LogP) is 2.21. The number of fused-ring (bicyclic) bond motifs is 1. The maximum atomic E-state index is 8.90. The highest BCUT2D eigenvalue weighted by Crippen LogP contribution is 2.33. The van der Waals surface area contributed by atoms with Gasteiger partial charge in [0.25, 0.3) is 0 Å². The third-order valence-corrected chi connectivity index (χ3v) is 4.27. The second-order valence-electron chi connectivity index (χ2n) is 4.41. The molecule has 0 bridgehead atoms. The number of aromatic nitrogens is 3. The molecule has 0 fully saturated rings. The molecule has 0 saturated carbocycles. The highest BCUT2D eigenvalue weighted by atomic mass is 32.2. The standard InChI is InChI=1S/C14H13N5OS/c1-19-14(16-8-17-19)21-12-7-6-11(13(15)18-20)9-4-2-3-5-10(9)12/h2-8,20H,1H3,(H2,15,18). The van der Waals surface area contributed by atoms with Crippen molar-refractivity contribution < 1.29 is 5.21 Å². The Kier molecular flexibility index (Phi) is 3.49. The predicted molar refractivity (Wildman–Crippen MR) is 81.6 cm³/mol. The lowest BCUT2D eigenvalue weighted by Crippen LogP contribution is -2.13. The molecule has 1 aromatic heterocycles. The first-order valence-electron chi connectivity index (χ1n) is 6.22. The van der Waals surface area contributed by atoms with E-state index in [1.807, 2.05) is 43.4 Å². The molecule has 3 N–H and O–H groups in total. The van der Waals surface area contributed by atoms with Crippen LogP contribution in [0, 0.1) is 0 Å². The topological polar surface area (TPSA) is 89.3 Å². The summed E-state index contributed by atoms with van der Waals surface area (Å²) in [6.45, 7) is 0. The lowest BCUT2D eigenvalue weighted by atomic mass is 10.0. The van der Waals surface area contributed by atoms with Crippen molar-refractivity contribution in [3.05, 3.63) is 48.3 Å². The number of amidine groups is 1. The van der Waals surface area contributed by atoms with Gasteiger partial charge in [0.15, 0.2) is 11.0 Å². The molecule has 0 saturated heterocycles. The van der Waals surface area contributed by atoms with Crippen molar-refractivity contribution in [3.63, 3.8) is 0 Å². The van der Waals surface area contributed by atoms with E-state index in [0.29, 0.717) is 5.56 Å². The second kappa shape index (κ2) is 5.45. The van der Waals surface area contributed by atoms with E-state index in [1.54, 1.807) is 4.68 Å². The van der Waals surface area contributed by atoms with Crippen LogP contribution < -0.4 is 5.73 Å². The van der Waals surface area contributed by atoms with E-state index in [1.165, 1.54) is 18.1 Å². The molecule has 106 valence electrons. The molecule has 0 atom stereocenters. The van der Waals surface area contributed by atoms with Gasteiger partial charge in [0.2, 0.25) is 0 Å².